The highest BCUT2D eigenvalue weighted by Crippen LogP contribution is 2.30. The van der Waals surface area contributed by atoms with Crippen molar-refractivity contribution in [2.45, 2.75) is 46.0 Å². The van der Waals surface area contributed by atoms with Gasteiger partial charge in [-0.15, -0.1) is 11.6 Å². The number of hydrogen-bond donors (Lipinski definition) is 0. The van der Waals surface area contributed by atoms with Gasteiger partial charge in [0.25, 0.3) is 0 Å². The highest BCUT2D eigenvalue weighted by atomic mass is 35.5. The summed E-state index contributed by atoms with van der Waals surface area (Å²) in [6.45, 7) is 9.66. The summed E-state index contributed by atoms with van der Waals surface area (Å²) in [6, 6.07) is 10.7. The molecule has 0 spiro atoms. The van der Waals surface area contributed by atoms with Crippen LogP contribution in [0.3, 0.4) is 0 Å². The summed E-state index contributed by atoms with van der Waals surface area (Å²) in [7, 11) is 0. The lowest BCUT2D eigenvalue weighted by molar-refractivity contribution is 0.645. The first-order chi connectivity index (χ1) is 10.1. The summed E-state index contributed by atoms with van der Waals surface area (Å²) < 4.78 is 2.03. The average molecular weight is 306 g/mol. The van der Waals surface area contributed by atoms with Crippen molar-refractivity contribution in [3.63, 3.8) is 0 Å². The Hall–Kier alpha value is -1.48. The maximum atomic E-state index is 6.21. The van der Waals surface area contributed by atoms with Gasteiger partial charge in [0.1, 0.15) is 5.82 Å². The number of anilines is 1. The van der Waals surface area contributed by atoms with E-state index in [0.717, 1.165) is 35.7 Å². The third-order valence-electron chi connectivity index (χ3n) is 3.65. The first-order valence-corrected chi connectivity index (χ1v) is 8.10. The Morgan fingerprint density at radius 2 is 1.90 bits per heavy atom. The van der Waals surface area contributed by atoms with E-state index in [1.807, 2.05) is 29.8 Å². The van der Waals surface area contributed by atoms with Gasteiger partial charge in [0.15, 0.2) is 0 Å². The predicted octanol–water partition coefficient (Wildman–Crippen LogP) is 4.54. The molecule has 0 aliphatic carbocycles. The van der Waals surface area contributed by atoms with E-state index in [2.05, 4.69) is 37.8 Å². The number of halogens is 1. The minimum atomic E-state index is 0.408. The number of alkyl halides is 1. The lowest BCUT2D eigenvalue weighted by Gasteiger charge is -2.30. The Morgan fingerprint density at radius 1 is 1.24 bits per heavy atom. The van der Waals surface area contributed by atoms with Crippen LogP contribution in [0, 0.1) is 6.92 Å². The quantitative estimate of drug-likeness (QED) is 0.730. The Balaban J connectivity index is 2.61. The first kappa shape index (κ1) is 15.9. The van der Waals surface area contributed by atoms with E-state index >= 15 is 0 Å². The minimum Gasteiger partial charge on any atom is -0.354 e. The van der Waals surface area contributed by atoms with Gasteiger partial charge in [0, 0.05) is 18.2 Å². The Morgan fingerprint density at radius 3 is 2.43 bits per heavy atom. The number of para-hydroxylation sites is 1. The lowest BCUT2D eigenvalue weighted by atomic mass is 10.2. The van der Waals surface area contributed by atoms with E-state index in [9.17, 15) is 0 Å². The fourth-order valence-electron chi connectivity index (χ4n) is 2.60. The summed E-state index contributed by atoms with van der Waals surface area (Å²) >= 11 is 6.21. The van der Waals surface area contributed by atoms with E-state index in [1.54, 1.807) is 0 Å². The van der Waals surface area contributed by atoms with Crippen LogP contribution in [0.15, 0.2) is 30.3 Å². The first-order valence-electron chi connectivity index (χ1n) is 7.56. The van der Waals surface area contributed by atoms with Crippen LogP contribution >= 0.6 is 11.6 Å². The molecule has 0 saturated heterocycles. The Labute approximate surface area is 132 Å². The van der Waals surface area contributed by atoms with Gasteiger partial charge in [-0.1, -0.05) is 25.1 Å². The molecule has 0 amide bonds. The second-order valence-electron chi connectivity index (χ2n) is 5.56. The van der Waals surface area contributed by atoms with Gasteiger partial charge in [-0.3, -0.25) is 0 Å². The number of hydrogen-bond acceptors (Lipinski definition) is 2. The molecule has 0 fully saturated rings. The number of aryl methyl sites for hydroxylation is 1. The number of nitrogens with zero attached hydrogens (tertiary/aromatic N) is 3. The molecule has 114 valence electrons. The standard InChI is InChI=1S/C17H24ClN3/c1-5-11-20(13(2)3)17-16(12-18)14(4)19-21(17)15-9-7-6-8-10-15/h6-10,13H,5,11-12H2,1-4H3. The van der Waals surface area contributed by atoms with Crippen LogP contribution < -0.4 is 4.90 Å². The van der Waals surface area contributed by atoms with Crippen LogP contribution in [0.2, 0.25) is 0 Å². The van der Waals surface area contributed by atoms with Gasteiger partial charge in [0.05, 0.1) is 17.3 Å². The molecule has 0 atom stereocenters. The van der Waals surface area contributed by atoms with E-state index < -0.39 is 0 Å². The molecule has 21 heavy (non-hydrogen) atoms. The monoisotopic (exact) mass is 305 g/mol. The van der Waals surface area contributed by atoms with Gasteiger partial charge in [-0.2, -0.15) is 5.10 Å². The number of rotatable bonds is 6. The fourth-order valence-corrected chi connectivity index (χ4v) is 2.91. The molecule has 0 aliphatic heterocycles. The molecule has 1 aromatic heterocycles. The highest BCUT2D eigenvalue weighted by Gasteiger charge is 2.22. The van der Waals surface area contributed by atoms with E-state index in [1.165, 1.54) is 0 Å². The third-order valence-corrected chi connectivity index (χ3v) is 3.92. The number of benzene rings is 1. The van der Waals surface area contributed by atoms with Crippen molar-refractivity contribution in [2.24, 2.45) is 0 Å². The zero-order chi connectivity index (χ0) is 15.4. The zero-order valence-electron chi connectivity index (χ0n) is 13.3. The summed E-state index contributed by atoms with van der Waals surface area (Å²) in [6.07, 6.45) is 1.10. The Bertz CT molecular complexity index is 575. The lowest BCUT2D eigenvalue weighted by Crippen LogP contribution is -2.34. The van der Waals surface area contributed by atoms with Crippen molar-refractivity contribution in [1.82, 2.24) is 9.78 Å². The van der Waals surface area contributed by atoms with Crippen LogP contribution in [0.4, 0.5) is 5.82 Å². The van der Waals surface area contributed by atoms with E-state index in [-0.39, 0.29) is 0 Å². The topological polar surface area (TPSA) is 21.1 Å². The Kier molecular flexibility index (Phi) is 5.29. The van der Waals surface area contributed by atoms with Crippen molar-refractivity contribution in [3.8, 4) is 5.69 Å². The summed E-state index contributed by atoms with van der Waals surface area (Å²) in [4.78, 5) is 2.39. The molecule has 4 heteroatoms. The van der Waals surface area contributed by atoms with Crippen LogP contribution in [-0.2, 0) is 5.88 Å². The molecule has 1 aromatic carbocycles. The van der Waals surface area contributed by atoms with Gasteiger partial charge in [0.2, 0.25) is 0 Å². The van der Waals surface area contributed by atoms with Crippen molar-refractivity contribution < 1.29 is 0 Å². The second-order valence-corrected chi connectivity index (χ2v) is 5.82. The smallest absolute Gasteiger partial charge is 0.137 e. The molecule has 3 nitrogen and oxygen atoms in total. The average Bonchev–Trinajstić information content (AvgIpc) is 2.81. The van der Waals surface area contributed by atoms with Crippen molar-refractivity contribution in [1.29, 1.82) is 0 Å². The van der Waals surface area contributed by atoms with E-state index in [4.69, 9.17) is 16.7 Å². The van der Waals surface area contributed by atoms with Crippen LogP contribution in [-0.4, -0.2) is 22.4 Å². The summed E-state index contributed by atoms with van der Waals surface area (Å²) in [5.74, 6) is 1.62. The molecule has 0 bridgehead atoms. The summed E-state index contributed by atoms with van der Waals surface area (Å²) in [5, 5.41) is 4.73. The van der Waals surface area contributed by atoms with Gasteiger partial charge >= 0.3 is 0 Å². The largest absolute Gasteiger partial charge is 0.354 e. The molecule has 2 aromatic rings. The van der Waals surface area contributed by atoms with Gasteiger partial charge < -0.3 is 4.90 Å². The molecule has 2 rings (SSSR count). The normalized spacial score (nSPS) is 11.1. The SMILES string of the molecule is CCCN(c1c(CCl)c(C)nn1-c1ccccc1)C(C)C. The molecule has 0 N–H and O–H groups in total. The highest BCUT2D eigenvalue weighted by molar-refractivity contribution is 6.17. The van der Waals surface area contributed by atoms with Crippen LogP contribution in [0.1, 0.15) is 38.4 Å². The summed E-state index contributed by atoms with van der Waals surface area (Å²) in [5.41, 5.74) is 3.21. The van der Waals surface area contributed by atoms with Crippen LogP contribution in [0.25, 0.3) is 5.69 Å². The minimum absolute atomic E-state index is 0.408. The van der Waals surface area contributed by atoms with Gasteiger partial charge in [-0.25, -0.2) is 4.68 Å². The zero-order valence-corrected chi connectivity index (χ0v) is 14.1. The number of aromatic nitrogens is 2. The van der Waals surface area contributed by atoms with Crippen LogP contribution in [0.5, 0.6) is 0 Å². The van der Waals surface area contributed by atoms with Gasteiger partial charge in [-0.05, 0) is 39.3 Å². The van der Waals surface area contributed by atoms with Crippen molar-refractivity contribution in [2.75, 3.05) is 11.4 Å². The third kappa shape index (κ3) is 3.24. The maximum absolute atomic E-state index is 6.21. The van der Waals surface area contributed by atoms with Crippen molar-refractivity contribution >= 4 is 17.4 Å². The maximum Gasteiger partial charge on any atom is 0.137 e. The molecule has 0 unspecified atom stereocenters. The molecular weight excluding hydrogens is 282 g/mol. The molecule has 0 radical (unpaired) electrons. The molecule has 0 saturated carbocycles. The molecule has 1 heterocycles. The fraction of sp³-hybridized carbons (Fsp3) is 0.471. The molecule has 0 aliphatic rings. The predicted molar refractivity (Wildman–Crippen MR) is 90.6 cm³/mol. The second kappa shape index (κ2) is 6.99. The van der Waals surface area contributed by atoms with E-state index in [0.29, 0.717) is 11.9 Å². The van der Waals surface area contributed by atoms with Crippen molar-refractivity contribution in [3.05, 3.63) is 41.6 Å². The molecular formula is C17H24ClN3.